The molecule has 1 saturated heterocycles. The van der Waals surface area contributed by atoms with Crippen LogP contribution < -0.4 is 10.6 Å². The third-order valence-electron chi connectivity index (χ3n) is 3.76. The molecule has 2 unspecified atom stereocenters. The Balaban J connectivity index is 1.64. The van der Waals surface area contributed by atoms with Gasteiger partial charge in [0.05, 0.1) is 19.3 Å². The summed E-state index contributed by atoms with van der Waals surface area (Å²) in [7, 11) is 0. The number of ether oxygens (including phenoxy) is 2. The van der Waals surface area contributed by atoms with Gasteiger partial charge in [-0.2, -0.15) is 0 Å². The quantitative estimate of drug-likeness (QED) is 0.413. The molecule has 0 aliphatic carbocycles. The molecular formula is C17H29N3O2S. The summed E-state index contributed by atoms with van der Waals surface area (Å²) in [5, 5.41) is 8.85. The Hall–Kier alpha value is -1.11. The van der Waals surface area contributed by atoms with Crippen molar-refractivity contribution in [1.29, 1.82) is 0 Å². The van der Waals surface area contributed by atoms with E-state index in [2.05, 4.69) is 47.0 Å². The summed E-state index contributed by atoms with van der Waals surface area (Å²) in [4.78, 5) is 5.94. The van der Waals surface area contributed by atoms with Crippen molar-refractivity contribution in [2.75, 3.05) is 39.5 Å². The highest BCUT2D eigenvalue weighted by Crippen LogP contribution is 2.17. The van der Waals surface area contributed by atoms with Crippen molar-refractivity contribution in [3.8, 4) is 0 Å². The molecule has 1 fully saturated rings. The molecule has 0 spiro atoms. The normalized spacial score (nSPS) is 19.7. The zero-order valence-corrected chi connectivity index (χ0v) is 15.0. The monoisotopic (exact) mass is 339 g/mol. The van der Waals surface area contributed by atoms with E-state index in [-0.39, 0.29) is 6.04 Å². The Morgan fingerprint density at radius 1 is 1.57 bits per heavy atom. The molecule has 0 amide bonds. The van der Waals surface area contributed by atoms with Crippen LogP contribution in [-0.2, 0) is 9.47 Å². The van der Waals surface area contributed by atoms with Crippen molar-refractivity contribution < 1.29 is 9.47 Å². The molecule has 1 aromatic heterocycles. The Morgan fingerprint density at radius 2 is 2.48 bits per heavy atom. The van der Waals surface area contributed by atoms with Gasteiger partial charge in [-0.3, -0.25) is 4.99 Å². The van der Waals surface area contributed by atoms with E-state index < -0.39 is 0 Å². The number of guanidine groups is 1. The summed E-state index contributed by atoms with van der Waals surface area (Å²) < 4.78 is 11.1. The fraction of sp³-hybridized carbons (Fsp3) is 0.706. The van der Waals surface area contributed by atoms with E-state index in [1.807, 2.05) is 0 Å². The van der Waals surface area contributed by atoms with Crippen LogP contribution in [0.3, 0.4) is 0 Å². The first-order valence-electron chi connectivity index (χ1n) is 8.53. The van der Waals surface area contributed by atoms with Crippen LogP contribution in [0.4, 0.5) is 0 Å². The fourth-order valence-corrected chi connectivity index (χ4v) is 3.19. The Bertz CT molecular complexity index is 445. The summed E-state index contributed by atoms with van der Waals surface area (Å²) in [5.41, 5.74) is 0. The molecule has 130 valence electrons. The molecule has 0 aromatic carbocycles. The van der Waals surface area contributed by atoms with E-state index in [4.69, 9.17) is 9.47 Å². The molecule has 1 aliphatic heterocycles. The number of aliphatic imine (C=N–C) groups is 1. The number of nitrogens with zero attached hydrogens (tertiary/aromatic N) is 1. The fourth-order valence-electron chi connectivity index (χ4n) is 2.46. The van der Waals surface area contributed by atoms with E-state index in [0.29, 0.717) is 5.92 Å². The van der Waals surface area contributed by atoms with Crippen LogP contribution in [0.1, 0.15) is 37.6 Å². The second-order valence-electron chi connectivity index (χ2n) is 5.80. The van der Waals surface area contributed by atoms with Crippen molar-refractivity contribution >= 4 is 17.3 Å². The number of hydrogen-bond donors (Lipinski definition) is 2. The minimum Gasteiger partial charge on any atom is -0.381 e. The summed E-state index contributed by atoms with van der Waals surface area (Å²) in [6.45, 7) is 9.20. The maximum absolute atomic E-state index is 5.71. The van der Waals surface area contributed by atoms with Gasteiger partial charge in [-0.05, 0) is 38.1 Å². The largest absolute Gasteiger partial charge is 0.381 e. The maximum Gasteiger partial charge on any atom is 0.191 e. The third kappa shape index (κ3) is 6.89. The summed E-state index contributed by atoms with van der Waals surface area (Å²) >= 11 is 1.76. The summed E-state index contributed by atoms with van der Waals surface area (Å²) in [6, 6.07) is 4.49. The molecule has 23 heavy (non-hydrogen) atoms. The standard InChI is InChI=1S/C17H29N3O2S/c1-3-18-17(20-14(2)16-6-4-11-23-16)19-8-5-9-21-12-15-7-10-22-13-15/h4,6,11,14-15H,3,5,7-10,12-13H2,1-2H3,(H2,18,19,20). The first-order chi connectivity index (χ1) is 11.3. The van der Waals surface area contributed by atoms with Gasteiger partial charge >= 0.3 is 0 Å². The highest BCUT2D eigenvalue weighted by molar-refractivity contribution is 7.10. The van der Waals surface area contributed by atoms with Gasteiger partial charge in [0.2, 0.25) is 0 Å². The molecular weight excluding hydrogens is 310 g/mol. The van der Waals surface area contributed by atoms with Gasteiger partial charge in [0.25, 0.3) is 0 Å². The molecule has 2 rings (SSSR count). The summed E-state index contributed by atoms with van der Waals surface area (Å²) in [5.74, 6) is 1.46. The first-order valence-corrected chi connectivity index (χ1v) is 9.41. The van der Waals surface area contributed by atoms with Gasteiger partial charge in [0, 0.05) is 37.1 Å². The smallest absolute Gasteiger partial charge is 0.191 e. The van der Waals surface area contributed by atoms with Crippen molar-refractivity contribution in [2.24, 2.45) is 10.9 Å². The van der Waals surface area contributed by atoms with Crippen LogP contribution >= 0.6 is 11.3 Å². The van der Waals surface area contributed by atoms with Crippen LogP contribution in [0.5, 0.6) is 0 Å². The van der Waals surface area contributed by atoms with Crippen molar-refractivity contribution in [3.63, 3.8) is 0 Å². The minimum atomic E-state index is 0.270. The molecule has 2 atom stereocenters. The lowest BCUT2D eigenvalue weighted by molar-refractivity contribution is 0.0893. The van der Waals surface area contributed by atoms with Gasteiger partial charge in [-0.15, -0.1) is 11.3 Å². The molecule has 5 nitrogen and oxygen atoms in total. The summed E-state index contributed by atoms with van der Waals surface area (Å²) in [6.07, 6.45) is 2.07. The molecule has 2 heterocycles. The number of nitrogens with one attached hydrogen (secondary N) is 2. The van der Waals surface area contributed by atoms with Gasteiger partial charge in [-0.1, -0.05) is 6.07 Å². The average molecular weight is 340 g/mol. The predicted molar refractivity (Wildman–Crippen MR) is 96.2 cm³/mol. The van der Waals surface area contributed by atoms with Crippen LogP contribution in [0.2, 0.25) is 0 Å². The first kappa shape index (κ1) is 18.2. The molecule has 0 saturated carbocycles. The van der Waals surface area contributed by atoms with E-state index in [0.717, 1.165) is 58.3 Å². The third-order valence-corrected chi connectivity index (χ3v) is 4.82. The molecule has 0 radical (unpaired) electrons. The Morgan fingerprint density at radius 3 is 3.17 bits per heavy atom. The van der Waals surface area contributed by atoms with E-state index in [1.165, 1.54) is 4.88 Å². The Kier molecular flexibility index (Phi) is 8.42. The van der Waals surface area contributed by atoms with Gasteiger partial charge in [0.1, 0.15) is 0 Å². The minimum absolute atomic E-state index is 0.270. The van der Waals surface area contributed by atoms with Crippen LogP contribution in [-0.4, -0.2) is 45.5 Å². The second kappa shape index (κ2) is 10.6. The predicted octanol–water partition coefficient (Wildman–Crippen LogP) is 2.81. The molecule has 2 N–H and O–H groups in total. The molecule has 1 aromatic rings. The Labute approximate surface area is 143 Å². The molecule has 6 heteroatoms. The zero-order valence-electron chi connectivity index (χ0n) is 14.2. The van der Waals surface area contributed by atoms with Crippen LogP contribution in [0, 0.1) is 5.92 Å². The molecule has 1 aliphatic rings. The van der Waals surface area contributed by atoms with Crippen molar-refractivity contribution in [3.05, 3.63) is 22.4 Å². The average Bonchev–Trinajstić information content (AvgIpc) is 3.23. The van der Waals surface area contributed by atoms with Crippen molar-refractivity contribution in [2.45, 2.75) is 32.7 Å². The van der Waals surface area contributed by atoms with Crippen LogP contribution in [0.25, 0.3) is 0 Å². The van der Waals surface area contributed by atoms with Gasteiger partial charge < -0.3 is 20.1 Å². The van der Waals surface area contributed by atoms with Crippen molar-refractivity contribution in [1.82, 2.24) is 10.6 Å². The highest BCUT2D eigenvalue weighted by Gasteiger charge is 2.15. The topological polar surface area (TPSA) is 54.9 Å². The lowest BCUT2D eigenvalue weighted by Gasteiger charge is -2.16. The van der Waals surface area contributed by atoms with E-state index in [1.54, 1.807) is 11.3 Å². The lowest BCUT2D eigenvalue weighted by Crippen LogP contribution is -2.38. The highest BCUT2D eigenvalue weighted by atomic mass is 32.1. The molecule has 0 bridgehead atoms. The SMILES string of the molecule is CCNC(=NCCCOCC1CCOC1)NC(C)c1cccs1. The zero-order chi connectivity index (χ0) is 16.3. The van der Waals surface area contributed by atoms with Gasteiger partial charge in [0.15, 0.2) is 5.96 Å². The van der Waals surface area contributed by atoms with Crippen LogP contribution in [0.15, 0.2) is 22.5 Å². The van der Waals surface area contributed by atoms with Gasteiger partial charge in [-0.25, -0.2) is 0 Å². The number of hydrogen-bond acceptors (Lipinski definition) is 4. The van der Waals surface area contributed by atoms with E-state index >= 15 is 0 Å². The maximum atomic E-state index is 5.71. The lowest BCUT2D eigenvalue weighted by atomic mass is 10.1. The second-order valence-corrected chi connectivity index (χ2v) is 6.78. The van der Waals surface area contributed by atoms with E-state index in [9.17, 15) is 0 Å². The number of rotatable bonds is 9. The number of thiophene rings is 1.